The minimum Gasteiger partial charge on any atom is -0.500 e. The minimum atomic E-state index is 0.347. The van der Waals surface area contributed by atoms with E-state index in [0.29, 0.717) is 4.75 Å². The van der Waals surface area contributed by atoms with Gasteiger partial charge >= 0.3 is 0 Å². The van der Waals surface area contributed by atoms with Gasteiger partial charge in [0, 0.05) is 4.75 Å². The van der Waals surface area contributed by atoms with Crippen molar-refractivity contribution >= 4 is 11.8 Å². The second kappa shape index (κ2) is 6.39. The highest BCUT2D eigenvalue weighted by Crippen LogP contribution is 2.34. The summed E-state index contributed by atoms with van der Waals surface area (Å²) in [6.45, 7) is 5.20. The van der Waals surface area contributed by atoms with E-state index in [1.54, 1.807) is 0 Å². The van der Waals surface area contributed by atoms with Crippen LogP contribution < -0.4 is 0 Å². The zero-order chi connectivity index (χ0) is 10.3. The maximum atomic E-state index is 5.52. The molecule has 1 saturated heterocycles. The van der Waals surface area contributed by atoms with Crippen LogP contribution >= 0.6 is 11.8 Å². The smallest absolute Gasteiger partial charge is 0.102 e. The highest BCUT2D eigenvalue weighted by atomic mass is 32.2. The third kappa shape index (κ3) is 4.41. The molecule has 82 valence electrons. The molecule has 1 fully saturated rings. The Morgan fingerprint density at radius 2 is 2.07 bits per heavy atom. The lowest BCUT2D eigenvalue weighted by Crippen LogP contribution is -2.27. The van der Waals surface area contributed by atoms with Crippen molar-refractivity contribution in [3.8, 4) is 0 Å². The Hall–Kier alpha value is -0.110. The molecule has 2 heteroatoms. The highest BCUT2D eigenvalue weighted by Gasteiger charge is 2.25. The van der Waals surface area contributed by atoms with Crippen molar-refractivity contribution < 1.29 is 4.74 Å². The molecule has 0 aromatic heterocycles. The number of rotatable bonds is 3. The first-order valence-electron chi connectivity index (χ1n) is 5.63. The van der Waals surface area contributed by atoms with Gasteiger partial charge in [-0.1, -0.05) is 25.3 Å². The molecule has 14 heavy (non-hydrogen) atoms. The fraction of sp³-hybridized carbons (Fsp3) is 0.833. The number of hydrogen-bond donors (Lipinski definition) is 0. The Bertz CT molecular complexity index is 169. The predicted octanol–water partition coefficient (Wildman–Crippen LogP) is 3.99. The summed E-state index contributed by atoms with van der Waals surface area (Å²) >= 11 is 2.09. The average molecular weight is 214 g/mol. The van der Waals surface area contributed by atoms with Crippen LogP contribution in [0.4, 0.5) is 0 Å². The van der Waals surface area contributed by atoms with E-state index < -0.39 is 0 Å². The predicted molar refractivity (Wildman–Crippen MR) is 64.7 cm³/mol. The molecular formula is C12H22OS. The van der Waals surface area contributed by atoms with Crippen LogP contribution in [0.2, 0.25) is 0 Å². The summed E-state index contributed by atoms with van der Waals surface area (Å²) in [6, 6.07) is 0. The summed E-state index contributed by atoms with van der Waals surface area (Å²) in [5.41, 5.74) is 0. The SMILES string of the molecule is C/C=C/OCC1(C)CCCCCCS1. The normalized spacial score (nSPS) is 29.9. The molecule has 1 nitrogen and oxygen atoms in total. The average Bonchev–Trinajstić information content (AvgIpc) is 2.13. The topological polar surface area (TPSA) is 9.23 Å². The first-order chi connectivity index (χ1) is 6.77. The molecular weight excluding hydrogens is 192 g/mol. The summed E-state index contributed by atoms with van der Waals surface area (Å²) < 4.78 is 5.87. The molecule has 1 heterocycles. The molecule has 0 aliphatic carbocycles. The molecule has 0 aromatic rings. The van der Waals surface area contributed by atoms with Gasteiger partial charge in [-0.25, -0.2) is 0 Å². The van der Waals surface area contributed by atoms with Gasteiger partial charge in [-0.3, -0.25) is 0 Å². The third-order valence-electron chi connectivity index (χ3n) is 2.67. The van der Waals surface area contributed by atoms with Crippen LogP contribution in [0.3, 0.4) is 0 Å². The van der Waals surface area contributed by atoms with Crippen LogP contribution in [-0.2, 0) is 4.74 Å². The minimum absolute atomic E-state index is 0.347. The van der Waals surface area contributed by atoms with E-state index in [0.717, 1.165) is 6.61 Å². The number of allylic oxidation sites excluding steroid dienone is 1. The molecule has 1 atom stereocenters. The Kier molecular flexibility index (Phi) is 5.46. The van der Waals surface area contributed by atoms with Crippen molar-refractivity contribution in [2.75, 3.05) is 12.4 Å². The zero-order valence-electron chi connectivity index (χ0n) is 9.42. The molecule has 0 N–H and O–H groups in total. The summed E-state index contributed by atoms with van der Waals surface area (Å²) in [7, 11) is 0. The van der Waals surface area contributed by atoms with Crippen LogP contribution in [-0.4, -0.2) is 17.1 Å². The van der Waals surface area contributed by atoms with E-state index in [9.17, 15) is 0 Å². The molecule has 0 spiro atoms. The van der Waals surface area contributed by atoms with Crippen molar-refractivity contribution in [3.63, 3.8) is 0 Å². The van der Waals surface area contributed by atoms with Crippen LogP contribution in [0, 0.1) is 0 Å². The molecule has 0 saturated carbocycles. The molecule has 1 aliphatic rings. The summed E-state index contributed by atoms with van der Waals surface area (Å²) in [4.78, 5) is 0. The lowest BCUT2D eigenvalue weighted by molar-refractivity contribution is 0.211. The van der Waals surface area contributed by atoms with Crippen LogP contribution in [0.1, 0.15) is 46.0 Å². The maximum Gasteiger partial charge on any atom is 0.102 e. The Morgan fingerprint density at radius 3 is 2.86 bits per heavy atom. The van der Waals surface area contributed by atoms with E-state index in [-0.39, 0.29) is 0 Å². The Balaban J connectivity index is 2.34. The van der Waals surface area contributed by atoms with Crippen LogP contribution in [0.15, 0.2) is 12.3 Å². The van der Waals surface area contributed by atoms with Crippen molar-refractivity contribution in [3.05, 3.63) is 12.3 Å². The first-order valence-corrected chi connectivity index (χ1v) is 6.62. The second-order valence-corrected chi connectivity index (χ2v) is 5.93. The zero-order valence-corrected chi connectivity index (χ0v) is 10.2. The van der Waals surface area contributed by atoms with Gasteiger partial charge in [0.15, 0.2) is 0 Å². The quantitative estimate of drug-likeness (QED) is 0.657. The van der Waals surface area contributed by atoms with Crippen molar-refractivity contribution in [2.45, 2.75) is 50.7 Å². The summed E-state index contributed by atoms with van der Waals surface area (Å²) in [6.07, 6.45) is 10.6. The van der Waals surface area contributed by atoms with Crippen molar-refractivity contribution in [1.82, 2.24) is 0 Å². The molecule has 1 rings (SSSR count). The summed E-state index contributed by atoms with van der Waals surface area (Å²) in [5, 5.41) is 0. The lowest BCUT2D eigenvalue weighted by Gasteiger charge is -2.30. The molecule has 0 radical (unpaired) electrons. The van der Waals surface area contributed by atoms with Gasteiger partial charge in [0.25, 0.3) is 0 Å². The summed E-state index contributed by atoms with van der Waals surface area (Å²) in [5.74, 6) is 1.30. The van der Waals surface area contributed by atoms with Gasteiger partial charge in [-0.05, 0) is 32.4 Å². The fourth-order valence-electron chi connectivity index (χ4n) is 1.78. The van der Waals surface area contributed by atoms with Gasteiger partial charge < -0.3 is 4.74 Å². The van der Waals surface area contributed by atoms with Gasteiger partial charge in [-0.2, -0.15) is 11.8 Å². The highest BCUT2D eigenvalue weighted by molar-refractivity contribution is 8.00. The largest absolute Gasteiger partial charge is 0.500 e. The number of ether oxygens (including phenoxy) is 1. The third-order valence-corrected chi connectivity index (χ3v) is 4.18. The van der Waals surface area contributed by atoms with Crippen molar-refractivity contribution in [2.24, 2.45) is 0 Å². The van der Waals surface area contributed by atoms with E-state index >= 15 is 0 Å². The molecule has 0 aromatic carbocycles. The van der Waals surface area contributed by atoms with Crippen LogP contribution in [0.25, 0.3) is 0 Å². The van der Waals surface area contributed by atoms with E-state index in [1.807, 2.05) is 19.3 Å². The monoisotopic (exact) mass is 214 g/mol. The number of thioether (sulfide) groups is 1. The Morgan fingerprint density at radius 1 is 1.29 bits per heavy atom. The Labute approximate surface area is 92.3 Å². The maximum absolute atomic E-state index is 5.52. The molecule has 1 aliphatic heterocycles. The van der Waals surface area contributed by atoms with Gasteiger partial charge in [0.1, 0.15) is 6.61 Å². The van der Waals surface area contributed by atoms with E-state index in [1.165, 1.54) is 37.9 Å². The molecule has 1 unspecified atom stereocenters. The van der Waals surface area contributed by atoms with E-state index in [2.05, 4.69) is 18.7 Å². The van der Waals surface area contributed by atoms with Crippen LogP contribution in [0.5, 0.6) is 0 Å². The lowest BCUT2D eigenvalue weighted by atomic mass is 10.0. The van der Waals surface area contributed by atoms with Gasteiger partial charge in [-0.15, -0.1) is 0 Å². The molecule has 0 amide bonds. The second-order valence-electron chi connectivity index (χ2n) is 4.24. The van der Waals surface area contributed by atoms with Crippen molar-refractivity contribution in [1.29, 1.82) is 0 Å². The standard InChI is InChI=1S/C12H22OS/c1-3-9-13-11-12(2)8-6-4-5-7-10-14-12/h3,9H,4-8,10-11H2,1-2H3/b9-3+. The fourth-order valence-corrected chi connectivity index (χ4v) is 3.06. The first kappa shape index (κ1) is 12.0. The van der Waals surface area contributed by atoms with E-state index in [4.69, 9.17) is 4.74 Å². The molecule has 0 bridgehead atoms. The van der Waals surface area contributed by atoms with Gasteiger partial charge in [0.05, 0.1) is 6.26 Å². The van der Waals surface area contributed by atoms with Gasteiger partial charge in [0.2, 0.25) is 0 Å². The number of hydrogen-bond acceptors (Lipinski definition) is 2.